The van der Waals surface area contributed by atoms with Crippen LogP contribution in [0.2, 0.25) is 0 Å². The summed E-state index contributed by atoms with van der Waals surface area (Å²) in [6.07, 6.45) is 0. The number of aryl methyl sites for hydroxylation is 2. The Morgan fingerprint density at radius 2 is 1.62 bits per heavy atom. The van der Waals surface area contributed by atoms with Crippen LogP contribution in [0.25, 0.3) is 0 Å². The Hall–Kier alpha value is -2.86. The van der Waals surface area contributed by atoms with Gasteiger partial charge in [-0.15, -0.1) is 11.6 Å². The number of aromatic nitrogens is 1. The normalized spacial score (nSPS) is 12.1. The molecule has 1 atom stereocenters. The summed E-state index contributed by atoms with van der Waals surface area (Å²) in [5.74, 6) is 0.558. The lowest BCUT2D eigenvalue weighted by Gasteiger charge is -2.19. The fraction of sp³-hybridized carbons (Fsp3) is 0.227. The van der Waals surface area contributed by atoms with Crippen molar-refractivity contribution in [3.63, 3.8) is 0 Å². The van der Waals surface area contributed by atoms with Gasteiger partial charge in [-0.1, -0.05) is 24.3 Å². The Bertz CT molecular complexity index is 1010. The van der Waals surface area contributed by atoms with E-state index in [1.807, 2.05) is 24.5 Å². The predicted molar refractivity (Wildman–Crippen MR) is 108 cm³/mol. The van der Waals surface area contributed by atoms with Crippen LogP contribution in [0, 0.1) is 13.8 Å². The first kappa shape index (κ1) is 20.9. The predicted octanol–water partition coefficient (Wildman–Crippen LogP) is 5.84. The molecule has 152 valence electrons. The van der Waals surface area contributed by atoms with E-state index in [1.165, 1.54) is 6.07 Å². The summed E-state index contributed by atoms with van der Waals surface area (Å²) in [6, 6.07) is 16.5. The number of pyridine rings is 1. The first-order valence-electron chi connectivity index (χ1n) is 8.97. The summed E-state index contributed by atoms with van der Waals surface area (Å²) in [5, 5.41) is -0.478. The van der Waals surface area contributed by atoms with Gasteiger partial charge in [0.25, 0.3) is 0 Å². The maximum absolute atomic E-state index is 12.8. The van der Waals surface area contributed by atoms with Gasteiger partial charge in [-0.2, -0.15) is 8.78 Å². The van der Waals surface area contributed by atoms with E-state index in [1.54, 1.807) is 48.5 Å². The molecule has 1 unspecified atom stereocenters. The van der Waals surface area contributed by atoms with E-state index < -0.39 is 12.0 Å². The van der Waals surface area contributed by atoms with Crippen LogP contribution in [-0.2, 0) is 6.54 Å². The van der Waals surface area contributed by atoms with Gasteiger partial charge in [-0.3, -0.25) is 4.79 Å². The smallest absolute Gasteiger partial charge is 0.387 e. The summed E-state index contributed by atoms with van der Waals surface area (Å²) in [4.78, 5) is 11.6. The van der Waals surface area contributed by atoms with Crippen LogP contribution in [0.3, 0.4) is 0 Å². The second kappa shape index (κ2) is 9.09. The van der Waals surface area contributed by atoms with Gasteiger partial charge in [0.15, 0.2) is 16.9 Å². The van der Waals surface area contributed by atoms with Crippen LogP contribution in [0.1, 0.15) is 22.3 Å². The summed E-state index contributed by atoms with van der Waals surface area (Å²) < 4.78 is 37.8. The van der Waals surface area contributed by atoms with Gasteiger partial charge in [-0.05, 0) is 43.7 Å². The van der Waals surface area contributed by atoms with Crippen LogP contribution in [0.5, 0.6) is 17.2 Å². The van der Waals surface area contributed by atoms with Crippen molar-refractivity contribution in [3.05, 3.63) is 87.8 Å². The van der Waals surface area contributed by atoms with Crippen LogP contribution in [0.4, 0.5) is 8.78 Å². The second-order valence-electron chi connectivity index (χ2n) is 6.55. The maximum atomic E-state index is 12.8. The number of nitrogens with zero attached hydrogens (tertiary/aromatic N) is 1. The Balaban J connectivity index is 1.91. The van der Waals surface area contributed by atoms with Gasteiger partial charge in [0.2, 0.25) is 0 Å². The largest absolute Gasteiger partial charge is 0.453 e. The molecular formula is C22H20ClF2NO3. The molecule has 29 heavy (non-hydrogen) atoms. The Labute approximate surface area is 172 Å². The molecule has 2 aromatic carbocycles. The van der Waals surface area contributed by atoms with Crippen molar-refractivity contribution in [1.82, 2.24) is 4.57 Å². The van der Waals surface area contributed by atoms with Crippen molar-refractivity contribution in [1.29, 1.82) is 0 Å². The molecule has 0 saturated heterocycles. The average molecular weight is 420 g/mol. The maximum Gasteiger partial charge on any atom is 0.387 e. The van der Waals surface area contributed by atoms with Crippen LogP contribution >= 0.6 is 11.6 Å². The third kappa shape index (κ3) is 5.35. The lowest BCUT2D eigenvalue weighted by molar-refractivity contribution is -0.0510. The molecule has 0 bridgehead atoms. The molecule has 1 heterocycles. The molecule has 3 aromatic rings. The molecular weight excluding hydrogens is 400 g/mol. The molecule has 0 aliphatic carbocycles. The topological polar surface area (TPSA) is 40.5 Å². The van der Waals surface area contributed by atoms with Gasteiger partial charge in [0.1, 0.15) is 5.75 Å². The number of ether oxygens (including phenoxy) is 2. The van der Waals surface area contributed by atoms with Gasteiger partial charge < -0.3 is 14.0 Å². The van der Waals surface area contributed by atoms with E-state index in [-0.39, 0.29) is 16.9 Å². The van der Waals surface area contributed by atoms with E-state index in [0.29, 0.717) is 17.9 Å². The SMILES string of the molecule is Cc1cc(=O)cc(C)n1CC(Cl)c1ccc(OC(F)F)c(Oc2ccccc2)c1. The minimum absolute atomic E-state index is 0.0607. The van der Waals surface area contributed by atoms with E-state index in [9.17, 15) is 13.6 Å². The quantitative estimate of drug-likeness (QED) is 0.452. The molecule has 0 aliphatic heterocycles. The van der Waals surface area contributed by atoms with E-state index in [0.717, 1.165) is 11.4 Å². The average Bonchev–Trinajstić information content (AvgIpc) is 2.66. The molecule has 0 aliphatic rings. The van der Waals surface area contributed by atoms with E-state index in [4.69, 9.17) is 16.3 Å². The van der Waals surface area contributed by atoms with Crippen molar-refractivity contribution in [2.24, 2.45) is 0 Å². The van der Waals surface area contributed by atoms with E-state index >= 15 is 0 Å². The molecule has 3 rings (SSSR count). The number of rotatable bonds is 7. The summed E-state index contributed by atoms with van der Waals surface area (Å²) in [6.45, 7) is 1.10. The van der Waals surface area contributed by atoms with Gasteiger partial charge in [-0.25, -0.2) is 0 Å². The van der Waals surface area contributed by atoms with Gasteiger partial charge in [0.05, 0.1) is 5.38 Å². The third-order valence-electron chi connectivity index (χ3n) is 4.41. The Morgan fingerprint density at radius 3 is 2.24 bits per heavy atom. The molecule has 0 saturated carbocycles. The number of hydrogen-bond donors (Lipinski definition) is 0. The minimum Gasteiger partial charge on any atom is -0.453 e. The van der Waals surface area contributed by atoms with Gasteiger partial charge >= 0.3 is 6.61 Å². The van der Waals surface area contributed by atoms with Crippen molar-refractivity contribution in [3.8, 4) is 17.2 Å². The highest BCUT2D eigenvalue weighted by Gasteiger charge is 2.17. The first-order chi connectivity index (χ1) is 13.8. The van der Waals surface area contributed by atoms with Crippen molar-refractivity contribution in [2.75, 3.05) is 0 Å². The lowest BCUT2D eigenvalue weighted by atomic mass is 10.1. The highest BCUT2D eigenvalue weighted by Crippen LogP contribution is 2.37. The standard InChI is InChI=1S/C22H20ClF2NO3/c1-14-10-17(27)11-15(2)26(14)13-19(23)16-8-9-20(29-22(24)25)21(12-16)28-18-6-4-3-5-7-18/h3-12,19,22H,13H2,1-2H3. The zero-order valence-electron chi connectivity index (χ0n) is 15.9. The van der Waals surface area contributed by atoms with Crippen LogP contribution in [-0.4, -0.2) is 11.2 Å². The number of alkyl halides is 3. The van der Waals surface area contributed by atoms with Crippen LogP contribution in [0.15, 0.2) is 65.5 Å². The molecule has 0 radical (unpaired) electrons. The monoisotopic (exact) mass is 419 g/mol. The first-order valence-corrected chi connectivity index (χ1v) is 9.41. The number of para-hydroxylation sites is 1. The molecule has 0 spiro atoms. The van der Waals surface area contributed by atoms with Crippen molar-refractivity contribution in [2.45, 2.75) is 32.4 Å². The van der Waals surface area contributed by atoms with E-state index in [2.05, 4.69) is 4.74 Å². The highest BCUT2D eigenvalue weighted by molar-refractivity contribution is 6.20. The summed E-state index contributed by atoms with van der Waals surface area (Å²) in [7, 11) is 0. The third-order valence-corrected chi connectivity index (χ3v) is 4.80. The Kier molecular flexibility index (Phi) is 6.54. The number of halogens is 3. The Morgan fingerprint density at radius 1 is 0.966 bits per heavy atom. The van der Waals surface area contributed by atoms with Crippen molar-refractivity contribution < 1.29 is 18.3 Å². The fourth-order valence-electron chi connectivity index (χ4n) is 3.05. The summed E-state index contributed by atoms with van der Waals surface area (Å²) in [5.41, 5.74) is 2.20. The highest BCUT2D eigenvalue weighted by atomic mass is 35.5. The molecule has 7 heteroatoms. The van der Waals surface area contributed by atoms with Crippen LogP contribution < -0.4 is 14.9 Å². The zero-order valence-corrected chi connectivity index (χ0v) is 16.7. The second-order valence-corrected chi connectivity index (χ2v) is 7.08. The molecule has 0 N–H and O–H groups in total. The summed E-state index contributed by atoms with van der Waals surface area (Å²) >= 11 is 6.61. The minimum atomic E-state index is -2.97. The number of hydrogen-bond acceptors (Lipinski definition) is 3. The van der Waals surface area contributed by atoms with Gasteiger partial charge in [0, 0.05) is 30.1 Å². The number of benzene rings is 2. The molecule has 4 nitrogen and oxygen atoms in total. The molecule has 0 fully saturated rings. The zero-order chi connectivity index (χ0) is 21.0. The lowest BCUT2D eigenvalue weighted by Crippen LogP contribution is -2.15. The fourth-order valence-corrected chi connectivity index (χ4v) is 3.32. The molecule has 0 amide bonds. The molecule has 1 aromatic heterocycles. The van der Waals surface area contributed by atoms with Crippen molar-refractivity contribution >= 4 is 11.6 Å².